The van der Waals surface area contributed by atoms with Crippen LogP contribution < -0.4 is 5.32 Å². The Hall–Kier alpha value is -2.21. The molecule has 23 heavy (non-hydrogen) atoms. The van der Waals surface area contributed by atoms with Gasteiger partial charge >= 0.3 is 0 Å². The van der Waals surface area contributed by atoms with Crippen molar-refractivity contribution in [3.63, 3.8) is 0 Å². The minimum atomic E-state index is 0.0746. The normalized spacial score (nSPS) is 12.3. The monoisotopic (exact) mass is 315 g/mol. The third-order valence-electron chi connectivity index (χ3n) is 3.92. The van der Waals surface area contributed by atoms with Gasteiger partial charge in [-0.25, -0.2) is 4.98 Å². The molecule has 1 atom stereocenters. The van der Waals surface area contributed by atoms with Crippen LogP contribution in [0.15, 0.2) is 36.9 Å². The van der Waals surface area contributed by atoms with Crippen LogP contribution in [0.1, 0.15) is 30.0 Å². The van der Waals surface area contributed by atoms with E-state index in [1.165, 1.54) is 17.5 Å². The molecule has 0 fully saturated rings. The lowest BCUT2D eigenvalue weighted by Gasteiger charge is -2.26. The predicted molar refractivity (Wildman–Crippen MR) is 89.9 cm³/mol. The molecule has 0 radical (unpaired) electrons. The van der Waals surface area contributed by atoms with Crippen LogP contribution in [0.2, 0.25) is 0 Å². The zero-order chi connectivity index (χ0) is 16.7. The van der Waals surface area contributed by atoms with Gasteiger partial charge < -0.3 is 10.2 Å². The Labute approximate surface area is 137 Å². The number of amides is 1. The Morgan fingerprint density at radius 3 is 2.78 bits per heavy atom. The van der Waals surface area contributed by atoms with E-state index in [4.69, 9.17) is 0 Å². The van der Waals surface area contributed by atoms with Crippen molar-refractivity contribution < 1.29 is 4.79 Å². The summed E-state index contributed by atoms with van der Waals surface area (Å²) < 4.78 is 1.74. The minimum Gasteiger partial charge on any atom is -0.354 e. The van der Waals surface area contributed by atoms with Gasteiger partial charge in [-0.3, -0.25) is 9.48 Å². The fourth-order valence-electron chi connectivity index (χ4n) is 2.58. The van der Waals surface area contributed by atoms with Gasteiger partial charge in [0.15, 0.2) is 0 Å². The number of carbonyl (C=O) groups excluding carboxylic acids is 1. The number of hydrogen-bond donors (Lipinski definition) is 1. The Morgan fingerprint density at radius 2 is 2.13 bits per heavy atom. The lowest BCUT2D eigenvalue weighted by atomic mass is 10.0. The SMILES string of the molecule is Cc1ccccc1[C@@H](CNC(=O)CCCn1cncn1)N(C)C. The summed E-state index contributed by atoms with van der Waals surface area (Å²) in [5.41, 5.74) is 2.49. The highest BCUT2D eigenvalue weighted by Crippen LogP contribution is 2.20. The predicted octanol–water partition coefficient (Wildman–Crippen LogP) is 1.79. The Bertz CT molecular complexity index is 609. The van der Waals surface area contributed by atoms with E-state index in [2.05, 4.69) is 39.4 Å². The first-order valence-electron chi connectivity index (χ1n) is 7.89. The Balaban J connectivity index is 1.82. The van der Waals surface area contributed by atoms with Crippen LogP contribution in [0.4, 0.5) is 0 Å². The molecule has 1 N–H and O–H groups in total. The van der Waals surface area contributed by atoms with Crippen molar-refractivity contribution in [3.05, 3.63) is 48.0 Å². The average Bonchev–Trinajstić information content (AvgIpc) is 3.02. The first-order valence-corrected chi connectivity index (χ1v) is 7.89. The van der Waals surface area contributed by atoms with E-state index in [0.29, 0.717) is 19.5 Å². The molecule has 0 unspecified atom stereocenters. The molecule has 1 amide bonds. The molecular formula is C17H25N5O. The van der Waals surface area contributed by atoms with Gasteiger partial charge in [0, 0.05) is 19.5 Å². The summed E-state index contributed by atoms with van der Waals surface area (Å²) in [5, 5.41) is 7.07. The van der Waals surface area contributed by atoms with E-state index in [9.17, 15) is 4.79 Å². The zero-order valence-electron chi connectivity index (χ0n) is 14.1. The van der Waals surface area contributed by atoms with Crippen LogP contribution in [0, 0.1) is 6.92 Å². The fraction of sp³-hybridized carbons (Fsp3) is 0.471. The molecule has 1 aromatic carbocycles. The maximum atomic E-state index is 12.0. The van der Waals surface area contributed by atoms with Crippen molar-refractivity contribution in [2.75, 3.05) is 20.6 Å². The maximum absolute atomic E-state index is 12.0. The Kier molecular flexibility index (Phi) is 6.29. The van der Waals surface area contributed by atoms with Crippen LogP contribution in [0.3, 0.4) is 0 Å². The molecule has 2 aromatic rings. The number of aromatic nitrogens is 3. The van der Waals surface area contributed by atoms with Crippen LogP contribution in [0.5, 0.6) is 0 Å². The molecular weight excluding hydrogens is 290 g/mol. The molecule has 0 saturated carbocycles. The molecule has 0 spiro atoms. The molecule has 2 rings (SSSR count). The summed E-state index contributed by atoms with van der Waals surface area (Å²) in [4.78, 5) is 18.1. The van der Waals surface area contributed by atoms with E-state index in [0.717, 1.165) is 6.42 Å². The van der Waals surface area contributed by atoms with Crippen molar-refractivity contribution in [1.29, 1.82) is 0 Å². The third kappa shape index (κ3) is 5.17. The maximum Gasteiger partial charge on any atom is 0.220 e. The molecule has 0 saturated heterocycles. The van der Waals surface area contributed by atoms with E-state index >= 15 is 0 Å². The number of likely N-dealkylation sites (N-methyl/N-ethyl adjacent to an activating group) is 1. The second-order valence-corrected chi connectivity index (χ2v) is 5.90. The second kappa shape index (κ2) is 8.43. The summed E-state index contributed by atoms with van der Waals surface area (Å²) in [7, 11) is 4.07. The zero-order valence-corrected chi connectivity index (χ0v) is 14.1. The standard InChI is InChI=1S/C17H25N5O/c1-14-7-4-5-8-15(14)16(21(2)3)11-19-17(23)9-6-10-22-13-18-12-20-22/h4-5,7-8,12-13,16H,6,9-11H2,1-3H3,(H,19,23)/t16-/m1/s1. The van der Waals surface area contributed by atoms with Crippen molar-refractivity contribution in [3.8, 4) is 0 Å². The lowest BCUT2D eigenvalue weighted by molar-refractivity contribution is -0.121. The average molecular weight is 315 g/mol. The van der Waals surface area contributed by atoms with Crippen molar-refractivity contribution in [2.24, 2.45) is 0 Å². The van der Waals surface area contributed by atoms with E-state index in [1.807, 2.05) is 26.2 Å². The van der Waals surface area contributed by atoms with Gasteiger partial charge in [-0.2, -0.15) is 5.10 Å². The molecule has 0 aliphatic heterocycles. The number of hydrogen-bond acceptors (Lipinski definition) is 4. The molecule has 1 aromatic heterocycles. The van der Waals surface area contributed by atoms with Crippen molar-refractivity contribution in [2.45, 2.75) is 32.4 Å². The fourth-order valence-corrected chi connectivity index (χ4v) is 2.58. The first kappa shape index (κ1) is 17.1. The molecule has 124 valence electrons. The minimum absolute atomic E-state index is 0.0746. The van der Waals surface area contributed by atoms with E-state index in [1.54, 1.807) is 11.0 Å². The molecule has 6 nitrogen and oxygen atoms in total. The summed E-state index contributed by atoms with van der Waals surface area (Å²) in [6.07, 6.45) is 4.42. The van der Waals surface area contributed by atoms with Crippen LogP contribution in [0.25, 0.3) is 0 Å². The molecule has 1 heterocycles. The highest BCUT2D eigenvalue weighted by atomic mass is 16.1. The number of nitrogens with one attached hydrogen (secondary N) is 1. The van der Waals surface area contributed by atoms with E-state index < -0.39 is 0 Å². The van der Waals surface area contributed by atoms with Gasteiger partial charge in [0.25, 0.3) is 0 Å². The first-order chi connectivity index (χ1) is 11.1. The van der Waals surface area contributed by atoms with Gasteiger partial charge in [-0.15, -0.1) is 0 Å². The Morgan fingerprint density at radius 1 is 1.35 bits per heavy atom. The van der Waals surface area contributed by atoms with Gasteiger partial charge in [-0.1, -0.05) is 24.3 Å². The number of carbonyl (C=O) groups is 1. The topological polar surface area (TPSA) is 63.1 Å². The highest BCUT2D eigenvalue weighted by Gasteiger charge is 2.16. The van der Waals surface area contributed by atoms with Crippen LogP contribution in [-0.4, -0.2) is 46.2 Å². The lowest BCUT2D eigenvalue weighted by Crippen LogP contribution is -2.34. The van der Waals surface area contributed by atoms with Crippen molar-refractivity contribution in [1.82, 2.24) is 25.0 Å². The molecule has 0 bridgehead atoms. The van der Waals surface area contributed by atoms with Gasteiger partial charge in [0.1, 0.15) is 12.7 Å². The van der Waals surface area contributed by atoms with Gasteiger partial charge in [0.2, 0.25) is 5.91 Å². The van der Waals surface area contributed by atoms with Gasteiger partial charge in [-0.05, 0) is 38.6 Å². The quantitative estimate of drug-likeness (QED) is 0.806. The number of aryl methyl sites for hydroxylation is 2. The molecule has 6 heteroatoms. The summed E-state index contributed by atoms with van der Waals surface area (Å²) in [5.74, 6) is 0.0746. The highest BCUT2D eigenvalue weighted by molar-refractivity contribution is 5.75. The summed E-state index contributed by atoms with van der Waals surface area (Å²) in [6, 6.07) is 8.48. The summed E-state index contributed by atoms with van der Waals surface area (Å²) in [6.45, 7) is 3.42. The second-order valence-electron chi connectivity index (χ2n) is 5.90. The third-order valence-corrected chi connectivity index (χ3v) is 3.92. The summed E-state index contributed by atoms with van der Waals surface area (Å²) >= 11 is 0. The van der Waals surface area contributed by atoms with Gasteiger partial charge in [0.05, 0.1) is 6.04 Å². The number of rotatable bonds is 8. The molecule has 0 aliphatic rings. The van der Waals surface area contributed by atoms with Crippen LogP contribution >= 0.6 is 0 Å². The van der Waals surface area contributed by atoms with Crippen molar-refractivity contribution >= 4 is 5.91 Å². The molecule has 0 aliphatic carbocycles. The number of benzene rings is 1. The van der Waals surface area contributed by atoms with E-state index in [-0.39, 0.29) is 11.9 Å². The largest absolute Gasteiger partial charge is 0.354 e. The van der Waals surface area contributed by atoms with Crippen LogP contribution in [-0.2, 0) is 11.3 Å². The smallest absolute Gasteiger partial charge is 0.220 e. The number of nitrogens with zero attached hydrogens (tertiary/aromatic N) is 4.